The van der Waals surface area contributed by atoms with Crippen LogP contribution >= 0.6 is 11.6 Å². The van der Waals surface area contributed by atoms with Crippen molar-refractivity contribution in [3.05, 3.63) is 22.2 Å². The predicted octanol–water partition coefficient (Wildman–Crippen LogP) is 4.14. The van der Waals surface area contributed by atoms with E-state index in [2.05, 4.69) is 9.97 Å². The van der Waals surface area contributed by atoms with Crippen molar-refractivity contribution >= 4 is 40.6 Å². The third-order valence-electron chi connectivity index (χ3n) is 5.90. The molecule has 3 atom stereocenters. The van der Waals surface area contributed by atoms with E-state index < -0.39 is 23.6 Å². The van der Waals surface area contributed by atoms with E-state index in [1.54, 1.807) is 11.8 Å². The van der Waals surface area contributed by atoms with Gasteiger partial charge in [-0.15, -0.1) is 0 Å². The van der Waals surface area contributed by atoms with Gasteiger partial charge >= 0.3 is 6.09 Å². The van der Waals surface area contributed by atoms with Crippen molar-refractivity contribution in [3.63, 3.8) is 0 Å². The highest BCUT2D eigenvalue weighted by Crippen LogP contribution is 2.43. The Bertz CT molecular complexity index is 1120. The molecule has 4 heterocycles. The molecule has 0 aliphatic carbocycles. The molecule has 1 fully saturated rings. The zero-order chi connectivity index (χ0) is 23.5. The number of anilines is 1. The lowest BCUT2D eigenvalue weighted by Gasteiger charge is -2.46. The average molecular weight is 465 g/mol. The Morgan fingerprint density at radius 2 is 1.94 bits per heavy atom. The monoisotopic (exact) mass is 464 g/mol. The third-order valence-corrected chi connectivity index (χ3v) is 6.15. The Kier molecular flexibility index (Phi) is 5.43. The molecule has 8 nitrogen and oxygen atoms in total. The maximum Gasteiger partial charge on any atom is 0.410 e. The number of carbonyl (C=O) groups excluding carboxylic acids is 2. The first-order valence-corrected chi connectivity index (χ1v) is 10.9. The van der Waals surface area contributed by atoms with Crippen LogP contribution in [-0.4, -0.2) is 64.1 Å². The van der Waals surface area contributed by atoms with Crippen LogP contribution in [0.15, 0.2) is 0 Å². The largest absolute Gasteiger partial charge is 0.472 e. The minimum atomic E-state index is -0.718. The van der Waals surface area contributed by atoms with Crippen LogP contribution in [0.5, 0.6) is 5.88 Å². The molecule has 0 radical (unpaired) electrons. The SMILES string of the molecule is Cc1c(C=O)nc2c3c(nc(Cl)c(F)c13)O[C@@H](C)C1CN(C(=O)OC(C)(C)C)C(C)CN21. The smallest absolute Gasteiger partial charge is 0.410 e. The minimum Gasteiger partial charge on any atom is -0.472 e. The quantitative estimate of drug-likeness (QED) is 0.463. The van der Waals surface area contributed by atoms with Gasteiger partial charge < -0.3 is 19.3 Å². The lowest BCUT2D eigenvalue weighted by Crippen LogP contribution is -2.63. The number of amides is 1. The second kappa shape index (κ2) is 7.72. The van der Waals surface area contributed by atoms with Gasteiger partial charge in [-0.3, -0.25) is 4.79 Å². The molecule has 2 aromatic rings. The number of hydrogen-bond acceptors (Lipinski definition) is 7. The fraction of sp³-hybridized carbons (Fsp3) is 0.545. The lowest BCUT2D eigenvalue weighted by atomic mass is 10.0. The van der Waals surface area contributed by atoms with Crippen LogP contribution in [0.3, 0.4) is 0 Å². The highest BCUT2D eigenvalue weighted by atomic mass is 35.5. The average Bonchev–Trinajstić information content (AvgIpc) is 2.79. The number of fused-ring (bicyclic) bond motifs is 2. The van der Waals surface area contributed by atoms with E-state index >= 15 is 4.39 Å². The minimum absolute atomic E-state index is 0.121. The first-order chi connectivity index (χ1) is 14.9. The van der Waals surface area contributed by atoms with Crippen molar-refractivity contribution in [1.82, 2.24) is 14.9 Å². The molecule has 2 unspecified atom stereocenters. The molecule has 0 spiro atoms. The Morgan fingerprint density at radius 3 is 2.56 bits per heavy atom. The van der Waals surface area contributed by atoms with Gasteiger partial charge in [0.1, 0.15) is 23.2 Å². The summed E-state index contributed by atoms with van der Waals surface area (Å²) in [5, 5.41) is 0.213. The van der Waals surface area contributed by atoms with Crippen molar-refractivity contribution in [1.29, 1.82) is 0 Å². The summed E-state index contributed by atoms with van der Waals surface area (Å²) in [6.07, 6.45) is -0.246. The van der Waals surface area contributed by atoms with Gasteiger partial charge in [-0.05, 0) is 47.1 Å². The molecule has 0 saturated carbocycles. The highest BCUT2D eigenvalue weighted by Gasteiger charge is 2.43. The number of carbonyl (C=O) groups is 2. The van der Waals surface area contributed by atoms with E-state index in [1.807, 2.05) is 39.5 Å². The van der Waals surface area contributed by atoms with Crippen LogP contribution in [0.25, 0.3) is 10.8 Å². The third kappa shape index (κ3) is 3.62. The number of halogens is 2. The second-order valence-corrected chi connectivity index (χ2v) is 9.72. The van der Waals surface area contributed by atoms with Gasteiger partial charge in [-0.1, -0.05) is 11.6 Å². The summed E-state index contributed by atoms with van der Waals surface area (Å²) < 4.78 is 26.8. The zero-order valence-corrected chi connectivity index (χ0v) is 19.7. The van der Waals surface area contributed by atoms with Gasteiger partial charge in [0.15, 0.2) is 17.3 Å². The Labute approximate surface area is 190 Å². The molecule has 2 aromatic heterocycles. The molecule has 172 valence electrons. The van der Waals surface area contributed by atoms with Crippen LogP contribution in [0.1, 0.15) is 50.7 Å². The predicted molar refractivity (Wildman–Crippen MR) is 118 cm³/mol. The van der Waals surface area contributed by atoms with Gasteiger partial charge in [0.25, 0.3) is 0 Å². The number of piperazine rings is 1. The topological polar surface area (TPSA) is 84.9 Å². The fourth-order valence-corrected chi connectivity index (χ4v) is 4.51. The summed E-state index contributed by atoms with van der Waals surface area (Å²) in [4.78, 5) is 36.9. The van der Waals surface area contributed by atoms with Crippen LogP contribution in [0.2, 0.25) is 5.15 Å². The molecule has 2 aliphatic rings. The number of aryl methyl sites for hydroxylation is 1. The van der Waals surface area contributed by atoms with E-state index in [4.69, 9.17) is 21.1 Å². The highest BCUT2D eigenvalue weighted by molar-refractivity contribution is 6.30. The number of hydrogen-bond donors (Lipinski definition) is 0. The fourth-order valence-electron chi connectivity index (χ4n) is 4.34. The molecule has 0 bridgehead atoms. The van der Waals surface area contributed by atoms with Crippen molar-refractivity contribution in [2.45, 2.75) is 65.3 Å². The number of ether oxygens (including phenoxy) is 2. The van der Waals surface area contributed by atoms with Crippen LogP contribution in [0, 0.1) is 12.7 Å². The van der Waals surface area contributed by atoms with Crippen LogP contribution in [-0.2, 0) is 4.74 Å². The van der Waals surface area contributed by atoms with E-state index in [9.17, 15) is 9.59 Å². The molecule has 2 aliphatic heterocycles. The summed E-state index contributed by atoms with van der Waals surface area (Å²) in [6.45, 7) is 11.5. The molecule has 1 amide bonds. The maximum absolute atomic E-state index is 15.1. The van der Waals surface area contributed by atoms with Gasteiger partial charge in [-0.25, -0.2) is 14.2 Å². The van der Waals surface area contributed by atoms with Crippen molar-refractivity contribution in [2.75, 3.05) is 18.0 Å². The summed E-state index contributed by atoms with van der Waals surface area (Å²) >= 11 is 6.06. The number of aldehydes is 1. The molecule has 1 saturated heterocycles. The number of nitrogens with zero attached hydrogens (tertiary/aromatic N) is 4. The van der Waals surface area contributed by atoms with Crippen LogP contribution in [0.4, 0.5) is 15.0 Å². The first kappa shape index (κ1) is 22.5. The van der Waals surface area contributed by atoms with Gasteiger partial charge in [0.05, 0.1) is 11.4 Å². The molecule has 4 rings (SSSR count). The van der Waals surface area contributed by atoms with E-state index in [1.165, 1.54) is 0 Å². The number of rotatable bonds is 1. The Morgan fingerprint density at radius 1 is 1.25 bits per heavy atom. The van der Waals surface area contributed by atoms with Crippen molar-refractivity contribution in [3.8, 4) is 5.88 Å². The summed E-state index contributed by atoms with van der Waals surface area (Å²) in [5.41, 5.74) is -0.135. The van der Waals surface area contributed by atoms with Crippen molar-refractivity contribution < 1.29 is 23.5 Å². The number of aromatic nitrogens is 2. The standard InChI is InChI=1S/C22H26ClFN4O4/c1-10-7-28-14(8-27(10)21(30)32-22(4,5)6)12(3)31-20-16-15(17(24)18(23)26-20)11(2)13(9-29)25-19(16)28/h9-10,12,14H,7-8H2,1-6H3/t10?,12-,14?/m0/s1. The maximum atomic E-state index is 15.1. The summed E-state index contributed by atoms with van der Waals surface area (Å²) in [6, 6.07) is -0.551. The zero-order valence-electron chi connectivity index (χ0n) is 18.9. The lowest BCUT2D eigenvalue weighted by molar-refractivity contribution is 0.00764. The van der Waals surface area contributed by atoms with Crippen molar-refractivity contribution in [2.24, 2.45) is 0 Å². The molecular formula is C22H26ClFN4O4. The Balaban J connectivity index is 1.86. The molecular weight excluding hydrogens is 439 g/mol. The normalized spacial score (nSPS) is 22.8. The van der Waals surface area contributed by atoms with Gasteiger partial charge in [-0.2, -0.15) is 4.98 Å². The van der Waals surface area contributed by atoms with E-state index in [-0.39, 0.29) is 34.2 Å². The molecule has 0 N–H and O–H groups in total. The molecule has 10 heteroatoms. The first-order valence-electron chi connectivity index (χ1n) is 10.5. The van der Waals surface area contributed by atoms with Crippen LogP contribution < -0.4 is 9.64 Å². The van der Waals surface area contributed by atoms with E-state index in [0.29, 0.717) is 36.1 Å². The van der Waals surface area contributed by atoms with Gasteiger partial charge in [0.2, 0.25) is 5.88 Å². The number of pyridine rings is 2. The van der Waals surface area contributed by atoms with Gasteiger partial charge in [0, 0.05) is 24.5 Å². The summed E-state index contributed by atoms with van der Waals surface area (Å²) in [7, 11) is 0. The molecule has 0 aromatic carbocycles. The second-order valence-electron chi connectivity index (χ2n) is 9.36. The molecule has 32 heavy (non-hydrogen) atoms. The summed E-state index contributed by atoms with van der Waals surface area (Å²) in [5.74, 6) is -0.159. The Hall–Kier alpha value is -2.68. The van der Waals surface area contributed by atoms with E-state index in [0.717, 1.165) is 0 Å².